The van der Waals surface area contributed by atoms with Crippen molar-refractivity contribution in [2.75, 3.05) is 6.54 Å². The van der Waals surface area contributed by atoms with Crippen LogP contribution in [0.1, 0.15) is 46.6 Å². The van der Waals surface area contributed by atoms with Gasteiger partial charge in [0.05, 0.1) is 11.2 Å². The van der Waals surface area contributed by atoms with E-state index in [4.69, 9.17) is 0 Å². The molecule has 0 aliphatic carbocycles. The summed E-state index contributed by atoms with van der Waals surface area (Å²) in [4.78, 5) is 28.6. The van der Waals surface area contributed by atoms with E-state index < -0.39 is 5.54 Å². The Morgan fingerprint density at radius 3 is 2.86 bits per heavy atom. The van der Waals surface area contributed by atoms with Gasteiger partial charge in [-0.3, -0.25) is 4.79 Å². The number of hydrogen-bond donors (Lipinski definition) is 0. The molecule has 1 saturated heterocycles. The number of aryl methyl sites for hydroxylation is 2. The van der Waals surface area contributed by atoms with Gasteiger partial charge in [0.25, 0.3) is 5.91 Å². The molecule has 0 bridgehead atoms. The second-order valence-corrected chi connectivity index (χ2v) is 6.48. The van der Waals surface area contributed by atoms with Crippen LogP contribution in [-0.2, 0) is 5.54 Å². The lowest BCUT2D eigenvalue weighted by atomic mass is 9.97. The van der Waals surface area contributed by atoms with Crippen molar-refractivity contribution in [3.8, 4) is 0 Å². The van der Waals surface area contributed by atoms with Crippen molar-refractivity contribution in [3.63, 3.8) is 0 Å². The van der Waals surface area contributed by atoms with Gasteiger partial charge in [-0.25, -0.2) is 15.0 Å². The van der Waals surface area contributed by atoms with E-state index in [1.54, 1.807) is 11.7 Å². The maximum atomic E-state index is 12.8. The zero-order valence-corrected chi connectivity index (χ0v) is 13.3. The smallest absolute Gasteiger partial charge is 0.266 e. The molecule has 6 heteroatoms. The molecule has 1 atom stereocenters. The third kappa shape index (κ3) is 2.33. The SMILES string of the molecule is Cc1ccnc([C@@]2(C)CCCN2C(=O)c2scnc2C)n1. The number of thiazole rings is 1. The molecule has 0 aromatic carbocycles. The van der Waals surface area contributed by atoms with Crippen LogP contribution in [-0.4, -0.2) is 32.3 Å². The summed E-state index contributed by atoms with van der Waals surface area (Å²) >= 11 is 1.40. The second-order valence-electron chi connectivity index (χ2n) is 5.62. The molecule has 3 rings (SSSR count). The minimum Gasteiger partial charge on any atom is -0.325 e. The summed E-state index contributed by atoms with van der Waals surface area (Å²) < 4.78 is 0. The van der Waals surface area contributed by atoms with E-state index in [2.05, 4.69) is 21.9 Å². The van der Waals surface area contributed by atoms with Crippen LogP contribution in [0.5, 0.6) is 0 Å². The van der Waals surface area contributed by atoms with Crippen molar-refractivity contribution in [2.24, 2.45) is 0 Å². The molecule has 2 aromatic rings. The quantitative estimate of drug-likeness (QED) is 0.856. The number of nitrogens with zero attached hydrogens (tertiary/aromatic N) is 4. The average molecular weight is 302 g/mol. The van der Waals surface area contributed by atoms with E-state index in [1.165, 1.54) is 11.3 Å². The molecule has 0 N–H and O–H groups in total. The van der Waals surface area contributed by atoms with Gasteiger partial charge >= 0.3 is 0 Å². The molecule has 1 aliphatic heterocycles. The molecule has 110 valence electrons. The highest BCUT2D eigenvalue weighted by atomic mass is 32.1. The van der Waals surface area contributed by atoms with Gasteiger partial charge in [-0.2, -0.15) is 0 Å². The van der Waals surface area contributed by atoms with E-state index >= 15 is 0 Å². The molecule has 1 aliphatic rings. The summed E-state index contributed by atoms with van der Waals surface area (Å²) in [6.07, 6.45) is 3.62. The Morgan fingerprint density at radius 1 is 1.38 bits per heavy atom. The molecule has 0 saturated carbocycles. The fraction of sp³-hybridized carbons (Fsp3) is 0.467. The lowest BCUT2D eigenvalue weighted by Gasteiger charge is -2.33. The van der Waals surface area contributed by atoms with Gasteiger partial charge in [-0.15, -0.1) is 11.3 Å². The normalized spacial score (nSPS) is 21.8. The van der Waals surface area contributed by atoms with Crippen molar-refractivity contribution in [1.82, 2.24) is 19.9 Å². The van der Waals surface area contributed by atoms with Gasteiger partial charge in [-0.05, 0) is 39.7 Å². The van der Waals surface area contributed by atoms with Crippen LogP contribution >= 0.6 is 11.3 Å². The number of carbonyl (C=O) groups is 1. The summed E-state index contributed by atoms with van der Waals surface area (Å²) in [5.74, 6) is 0.774. The monoisotopic (exact) mass is 302 g/mol. The third-order valence-electron chi connectivity index (χ3n) is 4.10. The summed E-state index contributed by atoms with van der Waals surface area (Å²) in [5, 5.41) is 0. The maximum absolute atomic E-state index is 12.8. The second kappa shape index (κ2) is 5.18. The van der Waals surface area contributed by atoms with Crippen LogP contribution in [0.15, 0.2) is 17.8 Å². The van der Waals surface area contributed by atoms with Crippen molar-refractivity contribution < 1.29 is 4.79 Å². The Bertz CT molecular complexity index is 684. The Balaban J connectivity index is 1.99. The molecule has 0 unspecified atom stereocenters. The van der Waals surface area contributed by atoms with Crippen molar-refractivity contribution in [2.45, 2.75) is 39.2 Å². The van der Waals surface area contributed by atoms with Crippen LogP contribution in [0.3, 0.4) is 0 Å². The Morgan fingerprint density at radius 2 is 2.19 bits per heavy atom. The lowest BCUT2D eigenvalue weighted by Crippen LogP contribution is -2.44. The first-order chi connectivity index (χ1) is 10.0. The molecule has 0 radical (unpaired) electrons. The van der Waals surface area contributed by atoms with Gasteiger partial charge < -0.3 is 4.90 Å². The summed E-state index contributed by atoms with van der Waals surface area (Å²) in [6, 6.07) is 1.88. The zero-order chi connectivity index (χ0) is 15.0. The number of hydrogen-bond acceptors (Lipinski definition) is 5. The predicted octanol–water partition coefficient (Wildman–Crippen LogP) is 2.70. The minimum atomic E-state index is -0.431. The predicted molar refractivity (Wildman–Crippen MR) is 81.2 cm³/mol. The highest BCUT2D eigenvalue weighted by Gasteiger charge is 2.44. The molecule has 1 fully saturated rings. The lowest BCUT2D eigenvalue weighted by molar-refractivity contribution is 0.0607. The molecule has 21 heavy (non-hydrogen) atoms. The third-order valence-corrected chi connectivity index (χ3v) is 5.02. The molecule has 2 aromatic heterocycles. The summed E-state index contributed by atoms with van der Waals surface area (Å²) in [7, 11) is 0. The Hall–Kier alpha value is -1.82. The minimum absolute atomic E-state index is 0.0418. The van der Waals surface area contributed by atoms with Crippen LogP contribution in [0.25, 0.3) is 0 Å². The summed E-state index contributed by atoms with van der Waals surface area (Å²) in [5.41, 5.74) is 3.01. The maximum Gasteiger partial charge on any atom is 0.266 e. The molecule has 0 spiro atoms. The van der Waals surface area contributed by atoms with Crippen LogP contribution < -0.4 is 0 Å². The van der Waals surface area contributed by atoms with E-state index in [0.717, 1.165) is 41.5 Å². The van der Waals surface area contributed by atoms with E-state index in [9.17, 15) is 4.79 Å². The number of aromatic nitrogens is 3. The topological polar surface area (TPSA) is 59.0 Å². The van der Waals surface area contributed by atoms with Gasteiger partial charge in [0.1, 0.15) is 10.4 Å². The highest BCUT2D eigenvalue weighted by molar-refractivity contribution is 7.11. The van der Waals surface area contributed by atoms with Gasteiger partial charge in [0.2, 0.25) is 0 Å². The van der Waals surface area contributed by atoms with Crippen molar-refractivity contribution >= 4 is 17.2 Å². The van der Waals surface area contributed by atoms with Crippen LogP contribution in [0.4, 0.5) is 0 Å². The van der Waals surface area contributed by atoms with E-state index in [1.807, 2.05) is 24.8 Å². The molecule has 1 amide bonds. The standard InChI is InChI=1S/C15H18N4OS/c1-10-5-7-16-14(18-10)15(3)6-4-8-19(15)13(20)12-11(2)17-9-21-12/h5,7,9H,4,6,8H2,1-3H3/t15-/m1/s1. The number of rotatable bonds is 2. The van der Waals surface area contributed by atoms with Crippen molar-refractivity contribution in [1.29, 1.82) is 0 Å². The first-order valence-electron chi connectivity index (χ1n) is 7.04. The number of carbonyl (C=O) groups excluding carboxylic acids is 1. The average Bonchev–Trinajstić information content (AvgIpc) is 3.05. The van der Waals surface area contributed by atoms with Crippen LogP contribution in [0, 0.1) is 13.8 Å². The highest BCUT2D eigenvalue weighted by Crippen LogP contribution is 2.38. The Labute approximate surface area is 128 Å². The first kappa shape index (κ1) is 14.1. The summed E-state index contributed by atoms with van der Waals surface area (Å²) in [6.45, 7) is 6.62. The van der Waals surface area contributed by atoms with Crippen molar-refractivity contribution in [3.05, 3.63) is 39.9 Å². The molecule has 3 heterocycles. The van der Waals surface area contributed by atoms with E-state index in [0.29, 0.717) is 0 Å². The molecular weight excluding hydrogens is 284 g/mol. The largest absolute Gasteiger partial charge is 0.325 e. The fourth-order valence-electron chi connectivity index (χ4n) is 2.86. The van der Waals surface area contributed by atoms with E-state index in [-0.39, 0.29) is 5.91 Å². The number of likely N-dealkylation sites (tertiary alicyclic amines) is 1. The molecule has 5 nitrogen and oxygen atoms in total. The van der Waals surface area contributed by atoms with Crippen LogP contribution in [0.2, 0.25) is 0 Å². The first-order valence-corrected chi connectivity index (χ1v) is 7.92. The van der Waals surface area contributed by atoms with Gasteiger partial charge in [-0.1, -0.05) is 0 Å². The number of amides is 1. The fourth-order valence-corrected chi connectivity index (χ4v) is 3.61. The van der Waals surface area contributed by atoms with Gasteiger partial charge in [0.15, 0.2) is 5.82 Å². The van der Waals surface area contributed by atoms with Gasteiger partial charge in [0, 0.05) is 18.4 Å². The zero-order valence-electron chi connectivity index (χ0n) is 12.5. The Kier molecular flexibility index (Phi) is 3.49. The molecular formula is C15H18N4OS.